The first-order chi connectivity index (χ1) is 8.33. The minimum Gasteiger partial charge on any atom is -0.316 e. The summed E-state index contributed by atoms with van der Waals surface area (Å²) in [6, 6.07) is 4.20. The maximum atomic E-state index is 4.32. The van der Waals surface area contributed by atoms with Gasteiger partial charge < -0.3 is 5.32 Å². The Hall–Kier alpha value is -0.670. The normalized spacial score (nSPS) is 28.4. The highest BCUT2D eigenvalue weighted by atomic mass is 79.9. The van der Waals surface area contributed by atoms with Crippen molar-refractivity contribution in [1.82, 2.24) is 10.3 Å². The average Bonchev–Trinajstić information content (AvgIpc) is 2.39. The zero-order chi connectivity index (χ0) is 11.7. The predicted octanol–water partition coefficient (Wildman–Crippen LogP) is 3.25. The second-order valence-corrected chi connectivity index (χ2v) is 5.83. The molecule has 3 heteroatoms. The van der Waals surface area contributed by atoms with Crippen molar-refractivity contribution < 1.29 is 0 Å². The second kappa shape index (κ2) is 4.91. The molecule has 2 heterocycles. The van der Waals surface area contributed by atoms with Crippen molar-refractivity contribution in [2.24, 2.45) is 11.8 Å². The van der Waals surface area contributed by atoms with Crippen LogP contribution in [0.15, 0.2) is 29.0 Å². The molecule has 90 valence electrons. The summed E-state index contributed by atoms with van der Waals surface area (Å²) in [6.45, 7) is 2.35. The highest BCUT2D eigenvalue weighted by Gasteiger charge is 2.27. The van der Waals surface area contributed by atoms with Crippen molar-refractivity contribution in [2.45, 2.75) is 19.3 Å². The van der Waals surface area contributed by atoms with Gasteiger partial charge in [0, 0.05) is 12.7 Å². The summed E-state index contributed by atoms with van der Waals surface area (Å²) < 4.78 is 0.912. The van der Waals surface area contributed by atoms with Gasteiger partial charge in [-0.3, -0.25) is 0 Å². The Kier molecular flexibility index (Phi) is 3.30. The average molecular weight is 293 g/mol. The van der Waals surface area contributed by atoms with Crippen molar-refractivity contribution in [1.29, 1.82) is 0 Å². The lowest BCUT2D eigenvalue weighted by Crippen LogP contribution is -2.37. The van der Waals surface area contributed by atoms with Crippen molar-refractivity contribution in [2.75, 3.05) is 13.1 Å². The van der Waals surface area contributed by atoms with Crippen molar-refractivity contribution >= 4 is 21.5 Å². The van der Waals surface area contributed by atoms with Crippen LogP contribution in [0.3, 0.4) is 0 Å². The molecule has 1 N–H and O–H groups in total. The molecule has 1 aliphatic heterocycles. The summed E-state index contributed by atoms with van der Waals surface area (Å²) in [5, 5.41) is 3.50. The van der Waals surface area contributed by atoms with Crippen LogP contribution in [0.1, 0.15) is 24.8 Å². The van der Waals surface area contributed by atoms with E-state index in [-0.39, 0.29) is 0 Å². The van der Waals surface area contributed by atoms with Gasteiger partial charge in [0.2, 0.25) is 0 Å². The van der Waals surface area contributed by atoms with Crippen molar-refractivity contribution in [3.63, 3.8) is 0 Å². The molecule has 1 saturated heterocycles. The van der Waals surface area contributed by atoms with Gasteiger partial charge in [0.1, 0.15) is 4.60 Å². The molecular weight excluding hydrogens is 276 g/mol. The second-order valence-electron chi connectivity index (χ2n) is 5.02. The Bertz CT molecular complexity index is 424. The minimum atomic E-state index is 0.733. The molecule has 1 aromatic heterocycles. The molecule has 2 unspecified atom stereocenters. The number of fused-ring (bicyclic) bond motifs is 1. The third-order valence-electron chi connectivity index (χ3n) is 3.98. The van der Waals surface area contributed by atoms with Gasteiger partial charge in [0.15, 0.2) is 0 Å². The van der Waals surface area contributed by atoms with E-state index in [1.54, 1.807) is 0 Å². The van der Waals surface area contributed by atoms with Crippen LogP contribution in [0.25, 0.3) is 5.57 Å². The summed E-state index contributed by atoms with van der Waals surface area (Å²) in [5.74, 6) is 1.64. The quantitative estimate of drug-likeness (QED) is 0.804. The van der Waals surface area contributed by atoms with Gasteiger partial charge in [-0.05, 0) is 70.8 Å². The predicted molar refractivity (Wildman–Crippen MR) is 73.6 cm³/mol. The SMILES string of the molecule is Brc1ccc(C2=CC3CNCCC3CC2)cn1. The summed E-state index contributed by atoms with van der Waals surface area (Å²) in [4.78, 5) is 4.32. The third kappa shape index (κ3) is 2.45. The molecule has 0 aromatic carbocycles. The van der Waals surface area contributed by atoms with Gasteiger partial charge in [-0.1, -0.05) is 12.1 Å². The molecule has 1 aliphatic carbocycles. The molecule has 1 aromatic rings. The zero-order valence-corrected chi connectivity index (χ0v) is 11.4. The van der Waals surface area contributed by atoms with Gasteiger partial charge in [0.25, 0.3) is 0 Å². The number of hydrogen-bond acceptors (Lipinski definition) is 2. The maximum absolute atomic E-state index is 4.32. The highest BCUT2D eigenvalue weighted by Crippen LogP contribution is 2.36. The number of nitrogens with one attached hydrogen (secondary N) is 1. The van der Waals surface area contributed by atoms with Gasteiger partial charge in [-0.25, -0.2) is 4.98 Å². The molecule has 0 spiro atoms. The van der Waals surface area contributed by atoms with Gasteiger partial charge in [-0.2, -0.15) is 0 Å². The lowest BCUT2D eigenvalue weighted by molar-refractivity contribution is 0.279. The van der Waals surface area contributed by atoms with E-state index in [0.29, 0.717) is 0 Å². The monoisotopic (exact) mass is 292 g/mol. The molecule has 0 bridgehead atoms. The van der Waals surface area contributed by atoms with E-state index < -0.39 is 0 Å². The number of hydrogen-bond donors (Lipinski definition) is 1. The molecule has 0 amide bonds. The van der Waals surface area contributed by atoms with Crippen LogP contribution in [0.2, 0.25) is 0 Å². The van der Waals surface area contributed by atoms with Crippen LogP contribution in [0.4, 0.5) is 0 Å². The standard InChI is InChI=1S/C14H17BrN2/c15-14-4-3-12(9-17-14)11-2-1-10-5-6-16-8-13(10)7-11/h3-4,7,9-10,13,16H,1-2,5-6,8H2. The molecule has 3 rings (SSSR count). The number of nitrogens with zero attached hydrogens (tertiary/aromatic N) is 1. The van der Waals surface area contributed by atoms with Crippen LogP contribution < -0.4 is 5.32 Å². The number of piperidine rings is 1. The number of halogens is 1. The molecule has 2 nitrogen and oxygen atoms in total. The van der Waals surface area contributed by atoms with E-state index in [2.05, 4.69) is 38.4 Å². The Balaban J connectivity index is 1.84. The van der Waals surface area contributed by atoms with Gasteiger partial charge in [0.05, 0.1) is 0 Å². The van der Waals surface area contributed by atoms with Crippen molar-refractivity contribution in [3.05, 3.63) is 34.6 Å². The highest BCUT2D eigenvalue weighted by molar-refractivity contribution is 9.10. The number of pyridine rings is 1. The summed E-state index contributed by atoms with van der Waals surface area (Å²) in [7, 11) is 0. The molecule has 1 fully saturated rings. The first kappa shape index (κ1) is 11.4. The van der Waals surface area contributed by atoms with E-state index in [0.717, 1.165) is 23.0 Å². The van der Waals surface area contributed by atoms with Gasteiger partial charge in [-0.15, -0.1) is 0 Å². The number of allylic oxidation sites excluding steroid dienone is 1. The lowest BCUT2D eigenvalue weighted by atomic mass is 9.76. The van der Waals surface area contributed by atoms with E-state index >= 15 is 0 Å². The first-order valence-electron chi connectivity index (χ1n) is 6.36. The fraction of sp³-hybridized carbons (Fsp3) is 0.500. The summed E-state index contributed by atoms with van der Waals surface area (Å²) >= 11 is 3.38. The smallest absolute Gasteiger partial charge is 0.106 e. The molecular formula is C14H17BrN2. The number of rotatable bonds is 1. The first-order valence-corrected chi connectivity index (χ1v) is 7.15. The molecule has 2 atom stereocenters. The minimum absolute atomic E-state index is 0.733. The largest absolute Gasteiger partial charge is 0.316 e. The van der Waals surface area contributed by atoms with Crippen molar-refractivity contribution in [3.8, 4) is 0 Å². The molecule has 17 heavy (non-hydrogen) atoms. The fourth-order valence-corrected chi connectivity index (χ4v) is 3.21. The van der Waals surface area contributed by atoms with Crippen LogP contribution in [0, 0.1) is 11.8 Å². The molecule has 0 radical (unpaired) electrons. The van der Waals surface area contributed by atoms with E-state index in [1.165, 1.54) is 36.9 Å². The Morgan fingerprint density at radius 3 is 3.06 bits per heavy atom. The Labute approximate surface area is 111 Å². The molecule has 0 saturated carbocycles. The lowest BCUT2D eigenvalue weighted by Gasteiger charge is -2.34. The van der Waals surface area contributed by atoms with Crippen LogP contribution in [-0.2, 0) is 0 Å². The van der Waals surface area contributed by atoms with Crippen LogP contribution in [-0.4, -0.2) is 18.1 Å². The Morgan fingerprint density at radius 2 is 2.24 bits per heavy atom. The Morgan fingerprint density at radius 1 is 1.29 bits per heavy atom. The summed E-state index contributed by atoms with van der Waals surface area (Å²) in [6.07, 6.45) is 8.35. The third-order valence-corrected chi connectivity index (χ3v) is 4.44. The van der Waals surface area contributed by atoms with Gasteiger partial charge >= 0.3 is 0 Å². The zero-order valence-electron chi connectivity index (χ0n) is 9.82. The fourth-order valence-electron chi connectivity index (χ4n) is 2.98. The number of aromatic nitrogens is 1. The van der Waals surface area contributed by atoms with E-state index in [1.807, 2.05) is 12.3 Å². The van der Waals surface area contributed by atoms with Crippen LogP contribution >= 0.6 is 15.9 Å². The van der Waals surface area contributed by atoms with E-state index in [9.17, 15) is 0 Å². The molecule has 2 aliphatic rings. The van der Waals surface area contributed by atoms with E-state index in [4.69, 9.17) is 0 Å². The summed E-state index contributed by atoms with van der Waals surface area (Å²) in [5.41, 5.74) is 2.77. The maximum Gasteiger partial charge on any atom is 0.106 e. The topological polar surface area (TPSA) is 24.9 Å². The van der Waals surface area contributed by atoms with Crippen LogP contribution in [0.5, 0.6) is 0 Å².